The van der Waals surface area contributed by atoms with Crippen LogP contribution in [-0.4, -0.2) is 40.4 Å². The van der Waals surface area contributed by atoms with Gasteiger partial charge in [-0.25, -0.2) is 18.6 Å². The van der Waals surface area contributed by atoms with Crippen molar-refractivity contribution in [1.82, 2.24) is 20.1 Å². The van der Waals surface area contributed by atoms with Crippen molar-refractivity contribution in [2.45, 2.75) is 13.0 Å². The second-order valence-electron chi connectivity index (χ2n) is 4.36. The normalized spacial score (nSPS) is 10.6. The highest BCUT2D eigenvalue weighted by atomic mass is 35.5. The third kappa shape index (κ3) is 5.70. The number of ether oxygens (including phenoxy) is 1. The summed E-state index contributed by atoms with van der Waals surface area (Å²) in [7, 11) is 0. The average Bonchev–Trinajstić information content (AvgIpc) is 2.91. The Balaban J connectivity index is 1.69. The summed E-state index contributed by atoms with van der Waals surface area (Å²) in [5.74, 6) is 0.282. The molecule has 0 saturated carbocycles. The third-order valence-corrected chi connectivity index (χ3v) is 2.85. The van der Waals surface area contributed by atoms with E-state index in [4.69, 9.17) is 16.3 Å². The van der Waals surface area contributed by atoms with Crippen molar-refractivity contribution in [2.24, 2.45) is 0 Å². The number of carbonyl (C=O) groups is 1. The predicted molar refractivity (Wildman–Crippen MR) is 80.0 cm³/mol. The lowest BCUT2D eigenvalue weighted by Gasteiger charge is -2.08. The molecule has 0 spiro atoms. The average molecular weight is 346 g/mol. The molecule has 0 aromatic carbocycles. The fraction of sp³-hybridized carbons (Fsp3) is 0.308. The molecule has 0 saturated heterocycles. The van der Waals surface area contributed by atoms with Gasteiger partial charge >= 0.3 is 6.03 Å². The van der Waals surface area contributed by atoms with E-state index in [1.54, 1.807) is 18.3 Å². The second kappa shape index (κ2) is 8.28. The van der Waals surface area contributed by atoms with Crippen LogP contribution in [0, 0.1) is 0 Å². The van der Waals surface area contributed by atoms with Crippen LogP contribution in [0.15, 0.2) is 30.7 Å². The molecule has 2 N–H and O–H groups in total. The summed E-state index contributed by atoms with van der Waals surface area (Å²) in [5, 5.41) is 9.09. The highest BCUT2D eigenvalue weighted by Gasteiger charge is 2.08. The molecule has 0 radical (unpaired) electrons. The molecule has 10 heteroatoms. The topological polar surface area (TPSA) is 81.1 Å². The molecule has 2 rings (SSSR count). The number of hydrogen-bond acceptors (Lipinski definition) is 4. The minimum atomic E-state index is -2.51. The van der Waals surface area contributed by atoms with Gasteiger partial charge in [0.15, 0.2) is 0 Å². The molecule has 2 aromatic heterocycles. The van der Waals surface area contributed by atoms with Crippen LogP contribution in [0.5, 0.6) is 5.88 Å². The maximum atomic E-state index is 12.2. The summed E-state index contributed by atoms with van der Waals surface area (Å²) >= 11 is 5.86. The van der Waals surface area contributed by atoms with Gasteiger partial charge in [0.25, 0.3) is 6.43 Å². The number of nitrogens with zero attached hydrogens (tertiary/aromatic N) is 3. The van der Waals surface area contributed by atoms with Gasteiger partial charge in [0, 0.05) is 12.4 Å². The zero-order valence-corrected chi connectivity index (χ0v) is 12.6. The van der Waals surface area contributed by atoms with Gasteiger partial charge in [-0.2, -0.15) is 5.10 Å². The number of hydrogen-bond donors (Lipinski definition) is 2. The van der Waals surface area contributed by atoms with E-state index in [2.05, 4.69) is 20.7 Å². The predicted octanol–water partition coefficient (Wildman–Crippen LogP) is 2.40. The van der Waals surface area contributed by atoms with E-state index in [1.807, 2.05) is 0 Å². The number of urea groups is 1. The molecule has 0 aliphatic carbocycles. The van der Waals surface area contributed by atoms with E-state index in [0.29, 0.717) is 10.7 Å². The summed E-state index contributed by atoms with van der Waals surface area (Å²) in [5.41, 5.74) is 0.317. The van der Waals surface area contributed by atoms with Gasteiger partial charge in [0.2, 0.25) is 5.88 Å². The molecule has 0 unspecified atom stereocenters. The maximum absolute atomic E-state index is 12.2. The van der Waals surface area contributed by atoms with Gasteiger partial charge in [-0.1, -0.05) is 11.6 Å². The van der Waals surface area contributed by atoms with Gasteiger partial charge in [-0.15, -0.1) is 0 Å². The van der Waals surface area contributed by atoms with Gasteiger partial charge in [-0.3, -0.25) is 4.68 Å². The Labute approximate surface area is 135 Å². The molecular formula is C13H14ClF2N5O2. The van der Waals surface area contributed by atoms with E-state index in [1.165, 1.54) is 12.4 Å². The van der Waals surface area contributed by atoms with Gasteiger partial charge < -0.3 is 15.4 Å². The molecule has 7 nitrogen and oxygen atoms in total. The zero-order chi connectivity index (χ0) is 16.7. The van der Waals surface area contributed by atoms with Crippen molar-refractivity contribution in [2.75, 3.05) is 18.5 Å². The molecule has 124 valence electrons. The number of alkyl halides is 2. The number of anilines is 1. The number of aromatic nitrogens is 3. The highest BCUT2D eigenvalue weighted by Crippen LogP contribution is 2.19. The standard InChI is InChI=1S/C13H14ClF2N5O2/c14-10-2-1-3-17-12(10)23-5-4-18-13(22)20-9-6-19-21(7-9)8-11(15)16/h1-3,6-7,11H,4-5,8H2,(H2,18,20,22). The quantitative estimate of drug-likeness (QED) is 0.755. The Kier molecular flexibility index (Phi) is 6.10. The SMILES string of the molecule is O=C(NCCOc1ncccc1Cl)Nc1cnn(CC(F)F)c1. The number of nitrogens with one attached hydrogen (secondary N) is 2. The number of halogens is 3. The van der Waals surface area contributed by atoms with Crippen LogP contribution in [0.25, 0.3) is 0 Å². The summed E-state index contributed by atoms with van der Waals surface area (Å²) in [4.78, 5) is 15.6. The van der Waals surface area contributed by atoms with Crippen molar-refractivity contribution in [3.05, 3.63) is 35.7 Å². The molecule has 0 bridgehead atoms. The molecular weight excluding hydrogens is 332 g/mol. The zero-order valence-electron chi connectivity index (χ0n) is 11.9. The molecule has 0 atom stereocenters. The first-order valence-electron chi connectivity index (χ1n) is 6.63. The van der Waals surface area contributed by atoms with Crippen molar-refractivity contribution in [3.8, 4) is 5.88 Å². The molecule has 2 aromatic rings. The van der Waals surface area contributed by atoms with Crippen LogP contribution in [-0.2, 0) is 6.54 Å². The Hall–Kier alpha value is -2.42. The van der Waals surface area contributed by atoms with Gasteiger partial charge in [0.05, 0.1) is 18.4 Å². The third-order valence-electron chi connectivity index (χ3n) is 2.57. The van der Waals surface area contributed by atoms with E-state index in [0.717, 1.165) is 4.68 Å². The summed E-state index contributed by atoms with van der Waals surface area (Å²) in [6.07, 6.45) is 1.63. The first-order valence-corrected chi connectivity index (χ1v) is 7.01. The first-order chi connectivity index (χ1) is 11.0. The minimum Gasteiger partial charge on any atom is -0.475 e. The number of rotatable bonds is 7. The van der Waals surface area contributed by atoms with E-state index < -0.39 is 19.0 Å². The minimum absolute atomic E-state index is 0.175. The highest BCUT2D eigenvalue weighted by molar-refractivity contribution is 6.31. The van der Waals surface area contributed by atoms with Crippen LogP contribution in [0.1, 0.15) is 0 Å². The lowest BCUT2D eigenvalue weighted by molar-refractivity contribution is 0.122. The monoisotopic (exact) mass is 345 g/mol. The fourth-order valence-electron chi connectivity index (χ4n) is 1.63. The fourth-order valence-corrected chi connectivity index (χ4v) is 1.81. The largest absolute Gasteiger partial charge is 0.475 e. The Morgan fingerprint density at radius 2 is 2.30 bits per heavy atom. The smallest absolute Gasteiger partial charge is 0.319 e. The lowest BCUT2D eigenvalue weighted by Crippen LogP contribution is -2.32. The van der Waals surface area contributed by atoms with Crippen molar-refractivity contribution in [1.29, 1.82) is 0 Å². The van der Waals surface area contributed by atoms with E-state index >= 15 is 0 Å². The van der Waals surface area contributed by atoms with Crippen LogP contribution in [0.4, 0.5) is 19.3 Å². The second-order valence-corrected chi connectivity index (χ2v) is 4.77. The van der Waals surface area contributed by atoms with E-state index in [9.17, 15) is 13.6 Å². The van der Waals surface area contributed by atoms with Crippen molar-refractivity contribution in [3.63, 3.8) is 0 Å². The first kappa shape index (κ1) is 16.9. The molecule has 23 heavy (non-hydrogen) atoms. The summed E-state index contributed by atoms with van der Waals surface area (Å²) in [6, 6.07) is 2.81. The van der Waals surface area contributed by atoms with E-state index in [-0.39, 0.29) is 19.0 Å². The van der Waals surface area contributed by atoms with Crippen LogP contribution < -0.4 is 15.4 Å². The molecule has 2 amide bonds. The molecule has 2 heterocycles. The van der Waals surface area contributed by atoms with Crippen LogP contribution in [0.3, 0.4) is 0 Å². The summed E-state index contributed by atoms with van der Waals surface area (Å²) < 4.78 is 30.7. The summed E-state index contributed by atoms with van der Waals surface area (Å²) in [6.45, 7) is -0.138. The lowest BCUT2D eigenvalue weighted by atomic mass is 10.5. The number of amides is 2. The molecule has 0 aliphatic rings. The Morgan fingerprint density at radius 1 is 1.48 bits per heavy atom. The van der Waals surface area contributed by atoms with Crippen molar-refractivity contribution >= 4 is 23.3 Å². The Morgan fingerprint density at radius 3 is 3.04 bits per heavy atom. The van der Waals surface area contributed by atoms with Gasteiger partial charge in [-0.05, 0) is 12.1 Å². The van der Waals surface area contributed by atoms with Crippen LogP contribution in [0.2, 0.25) is 5.02 Å². The molecule has 0 fully saturated rings. The van der Waals surface area contributed by atoms with Crippen LogP contribution >= 0.6 is 11.6 Å². The number of carbonyl (C=O) groups excluding carboxylic acids is 1. The molecule has 0 aliphatic heterocycles. The maximum Gasteiger partial charge on any atom is 0.319 e. The number of pyridine rings is 1. The van der Waals surface area contributed by atoms with Gasteiger partial charge in [0.1, 0.15) is 18.2 Å². The Bertz CT molecular complexity index is 653. The van der Waals surface area contributed by atoms with Crippen molar-refractivity contribution < 1.29 is 18.3 Å².